The van der Waals surface area contributed by atoms with Crippen molar-refractivity contribution >= 4 is 21.6 Å². The Bertz CT molecular complexity index is 1270. The molecule has 3 aromatic rings. The topological polar surface area (TPSA) is 75.7 Å². The van der Waals surface area contributed by atoms with Crippen molar-refractivity contribution in [1.82, 2.24) is 4.90 Å². The maximum Gasteiger partial charge on any atom is 0.261 e. The minimum Gasteiger partial charge on any atom is -0.494 e. The van der Waals surface area contributed by atoms with Crippen molar-refractivity contribution in [3.8, 4) is 5.75 Å². The maximum absolute atomic E-state index is 13.9. The number of anilines is 1. The number of carbonyl (C=O) groups is 1. The van der Waals surface area contributed by atoms with Crippen molar-refractivity contribution in [2.75, 3.05) is 18.4 Å². The van der Waals surface area contributed by atoms with Crippen molar-refractivity contribution in [3.05, 3.63) is 89.2 Å². The van der Waals surface area contributed by atoms with Gasteiger partial charge in [-0.05, 0) is 67.1 Å². The molecule has 0 aliphatic carbocycles. The Kier molecular flexibility index (Phi) is 7.27. The number of nitrogens with zero attached hydrogens (tertiary/aromatic N) is 1. The van der Waals surface area contributed by atoms with E-state index < -0.39 is 32.4 Å². The van der Waals surface area contributed by atoms with Gasteiger partial charge >= 0.3 is 0 Å². The Balaban J connectivity index is 1.73. The van der Waals surface area contributed by atoms with Crippen molar-refractivity contribution in [3.63, 3.8) is 0 Å². The normalized spacial score (nSPS) is 11.2. The summed E-state index contributed by atoms with van der Waals surface area (Å²) >= 11 is 0. The Morgan fingerprint density at radius 3 is 2.21 bits per heavy atom. The van der Waals surface area contributed by atoms with Gasteiger partial charge in [-0.15, -0.1) is 0 Å². The minimum atomic E-state index is -4.16. The predicted octanol–water partition coefficient (Wildman–Crippen LogP) is 4.58. The zero-order chi connectivity index (χ0) is 24.2. The number of nitrogens with one attached hydrogen (secondary N) is 1. The number of carbonyl (C=O) groups excluding carboxylic acids is 1. The van der Waals surface area contributed by atoms with Crippen LogP contribution in [0.5, 0.6) is 5.75 Å². The molecule has 0 saturated heterocycles. The monoisotopic (exact) mass is 478 g/mol. The summed E-state index contributed by atoms with van der Waals surface area (Å²) in [6.45, 7) is 2.31. The van der Waals surface area contributed by atoms with E-state index in [4.69, 9.17) is 4.74 Å². The quantitative estimate of drug-likeness (QED) is 0.515. The lowest BCUT2D eigenvalue weighted by atomic mass is 10.1. The predicted molar refractivity (Wildman–Crippen MR) is 117 cm³/mol. The van der Waals surface area contributed by atoms with Gasteiger partial charge in [0.25, 0.3) is 15.9 Å². The second-order valence-corrected chi connectivity index (χ2v) is 8.73. The van der Waals surface area contributed by atoms with Crippen LogP contribution in [0.2, 0.25) is 0 Å². The molecule has 1 N–H and O–H groups in total. The van der Waals surface area contributed by atoms with E-state index in [1.807, 2.05) is 0 Å². The molecule has 0 aromatic heterocycles. The Labute approximate surface area is 189 Å². The SMILES string of the molecule is CCN(Cc1ccc(OC)c(F)c1)C(=O)c1ccc(NS(=O)(=O)c2ccc(F)c(F)c2)cc1. The van der Waals surface area contributed by atoms with E-state index in [1.165, 1.54) is 48.4 Å². The number of ether oxygens (including phenoxy) is 1. The van der Waals surface area contributed by atoms with Gasteiger partial charge in [-0.2, -0.15) is 0 Å². The van der Waals surface area contributed by atoms with Gasteiger partial charge in [-0.1, -0.05) is 6.07 Å². The molecule has 3 aromatic carbocycles. The van der Waals surface area contributed by atoms with Crippen molar-refractivity contribution in [1.29, 1.82) is 0 Å². The van der Waals surface area contributed by atoms with Gasteiger partial charge in [-0.25, -0.2) is 21.6 Å². The average Bonchev–Trinajstić information content (AvgIpc) is 2.79. The first-order chi connectivity index (χ1) is 15.6. The van der Waals surface area contributed by atoms with Crippen molar-refractivity contribution < 1.29 is 31.1 Å². The fourth-order valence-electron chi connectivity index (χ4n) is 3.08. The molecule has 174 valence electrons. The number of sulfonamides is 1. The smallest absolute Gasteiger partial charge is 0.261 e. The van der Waals surface area contributed by atoms with Crippen LogP contribution >= 0.6 is 0 Å². The van der Waals surface area contributed by atoms with Crippen LogP contribution in [0.25, 0.3) is 0 Å². The fourth-order valence-corrected chi connectivity index (χ4v) is 4.15. The van der Waals surface area contributed by atoms with Gasteiger partial charge < -0.3 is 9.64 Å². The number of benzene rings is 3. The average molecular weight is 478 g/mol. The van der Waals surface area contributed by atoms with Crippen molar-refractivity contribution in [2.24, 2.45) is 0 Å². The zero-order valence-electron chi connectivity index (χ0n) is 17.8. The van der Waals surface area contributed by atoms with E-state index in [0.29, 0.717) is 23.7 Å². The van der Waals surface area contributed by atoms with E-state index in [-0.39, 0.29) is 23.9 Å². The molecule has 0 aliphatic rings. The first-order valence-electron chi connectivity index (χ1n) is 9.84. The highest BCUT2D eigenvalue weighted by molar-refractivity contribution is 7.92. The lowest BCUT2D eigenvalue weighted by Crippen LogP contribution is -2.30. The third-order valence-electron chi connectivity index (χ3n) is 4.84. The Morgan fingerprint density at radius 2 is 1.64 bits per heavy atom. The molecule has 0 radical (unpaired) electrons. The maximum atomic E-state index is 13.9. The number of rotatable bonds is 8. The molecule has 0 unspecified atom stereocenters. The first-order valence-corrected chi connectivity index (χ1v) is 11.3. The largest absolute Gasteiger partial charge is 0.494 e. The molecule has 0 spiro atoms. The Hall–Kier alpha value is -3.53. The molecule has 1 amide bonds. The number of hydrogen-bond donors (Lipinski definition) is 1. The molecular weight excluding hydrogens is 457 g/mol. The summed E-state index contributed by atoms with van der Waals surface area (Å²) in [5.41, 5.74) is 1.01. The molecule has 6 nitrogen and oxygen atoms in total. The molecular formula is C23H21F3N2O4S. The second-order valence-electron chi connectivity index (χ2n) is 7.05. The number of hydrogen-bond acceptors (Lipinski definition) is 4. The molecule has 0 atom stereocenters. The second kappa shape index (κ2) is 9.95. The summed E-state index contributed by atoms with van der Waals surface area (Å²) in [5.74, 6) is -3.20. The molecule has 0 bridgehead atoms. The molecule has 33 heavy (non-hydrogen) atoms. The van der Waals surface area contributed by atoms with E-state index in [0.717, 1.165) is 12.1 Å². The third kappa shape index (κ3) is 5.64. The van der Waals surface area contributed by atoms with E-state index in [1.54, 1.807) is 13.0 Å². The standard InChI is InChI=1S/C23H21F3N2O4S/c1-3-28(14-15-4-11-22(32-2)21(26)12-15)23(29)16-5-7-17(8-6-16)27-33(30,31)18-9-10-19(24)20(25)13-18/h4-13,27H,3,14H2,1-2H3. The number of methoxy groups -OCH3 is 1. The van der Waals surface area contributed by atoms with E-state index in [9.17, 15) is 26.4 Å². The highest BCUT2D eigenvalue weighted by Crippen LogP contribution is 2.21. The molecule has 0 heterocycles. The van der Waals surface area contributed by atoms with Gasteiger partial charge in [-0.3, -0.25) is 9.52 Å². The fraction of sp³-hybridized carbons (Fsp3) is 0.174. The summed E-state index contributed by atoms with van der Waals surface area (Å²) in [6, 6.07) is 12.3. The van der Waals surface area contributed by atoms with Crippen LogP contribution in [0, 0.1) is 17.5 Å². The number of halogens is 3. The van der Waals surface area contributed by atoms with Gasteiger partial charge in [0.15, 0.2) is 23.2 Å². The van der Waals surface area contributed by atoms with Crippen LogP contribution in [0.1, 0.15) is 22.8 Å². The van der Waals surface area contributed by atoms with E-state index in [2.05, 4.69) is 4.72 Å². The van der Waals surface area contributed by atoms with Gasteiger partial charge in [0.1, 0.15) is 0 Å². The first kappa shape index (κ1) is 24.1. The summed E-state index contributed by atoms with van der Waals surface area (Å²) in [6.07, 6.45) is 0. The highest BCUT2D eigenvalue weighted by atomic mass is 32.2. The molecule has 3 rings (SSSR count). The lowest BCUT2D eigenvalue weighted by Gasteiger charge is -2.21. The molecule has 0 aliphatic heterocycles. The van der Waals surface area contributed by atoms with E-state index >= 15 is 0 Å². The number of amides is 1. The summed E-state index contributed by atoms with van der Waals surface area (Å²) in [5, 5.41) is 0. The van der Waals surface area contributed by atoms with Crippen LogP contribution in [0.4, 0.5) is 18.9 Å². The highest BCUT2D eigenvalue weighted by Gasteiger charge is 2.19. The van der Waals surface area contributed by atoms with Crippen LogP contribution in [0.3, 0.4) is 0 Å². The van der Waals surface area contributed by atoms with Gasteiger partial charge in [0.05, 0.1) is 12.0 Å². The van der Waals surface area contributed by atoms with Crippen LogP contribution in [0.15, 0.2) is 65.6 Å². The van der Waals surface area contributed by atoms with Crippen LogP contribution < -0.4 is 9.46 Å². The minimum absolute atomic E-state index is 0.106. The van der Waals surface area contributed by atoms with Crippen molar-refractivity contribution in [2.45, 2.75) is 18.4 Å². The third-order valence-corrected chi connectivity index (χ3v) is 6.22. The summed E-state index contributed by atoms with van der Waals surface area (Å²) < 4.78 is 72.3. The molecule has 0 fully saturated rings. The molecule has 10 heteroatoms. The Morgan fingerprint density at radius 1 is 0.939 bits per heavy atom. The molecule has 0 saturated carbocycles. The zero-order valence-corrected chi connectivity index (χ0v) is 18.6. The van der Waals surface area contributed by atoms with Gasteiger partial charge in [0.2, 0.25) is 0 Å². The lowest BCUT2D eigenvalue weighted by molar-refractivity contribution is 0.0752. The summed E-state index contributed by atoms with van der Waals surface area (Å²) in [7, 11) is -2.79. The summed E-state index contributed by atoms with van der Waals surface area (Å²) in [4.78, 5) is 13.9. The van der Waals surface area contributed by atoms with Crippen LogP contribution in [-0.4, -0.2) is 32.9 Å². The van der Waals surface area contributed by atoms with Crippen LogP contribution in [-0.2, 0) is 16.6 Å². The van der Waals surface area contributed by atoms with Gasteiger partial charge in [0, 0.05) is 24.3 Å².